The van der Waals surface area contributed by atoms with Gasteiger partial charge < -0.3 is 18.8 Å². The molecule has 32 heavy (non-hydrogen) atoms. The smallest absolute Gasteiger partial charge is 0.344 e. The van der Waals surface area contributed by atoms with Gasteiger partial charge in [-0.05, 0) is 44.9 Å². The number of nitrogens with zero attached hydrogens (tertiary/aromatic N) is 2. The Hall–Kier alpha value is -3.42. The number of rotatable bonds is 7. The van der Waals surface area contributed by atoms with Gasteiger partial charge in [-0.15, -0.1) is 0 Å². The highest BCUT2D eigenvalue weighted by atomic mass is 16.4. The molecule has 0 bridgehead atoms. The van der Waals surface area contributed by atoms with Crippen LogP contribution in [-0.2, 0) is 6.54 Å². The summed E-state index contributed by atoms with van der Waals surface area (Å²) < 4.78 is 11.0. The molecule has 0 spiro atoms. The third-order valence-electron chi connectivity index (χ3n) is 5.61. The summed E-state index contributed by atoms with van der Waals surface area (Å²) in [6.45, 7) is 4.86. The zero-order chi connectivity index (χ0) is 22.8. The van der Waals surface area contributed by atoms with E-state index in [1.54, 1.807) is 30.3 Å². The first-order chi connectivity index (χ1) is 15.4. The van der Waals surface area contributed by atoms with Gasteiger partial charge in [0, 0.05) is 42.0 Å². The molecule has 0 saturated carbocycles. The number of phenols is 1. The summed E-state index contributed by atoms with van der Waals surface area (Å²) in [6.07, 6.45) is 0. The average Bonchev–Trinajstić information content (AvgIpc) is 2.76. The highest BCUT2D eigenvalue weighted by molar-refractivity contribution is 5.97. The van der Waals surface area contributed by atoms with Crippen molar-refractivity contribution in [3.63, 3.8) is 0 Å². The Morgan fingerprint density at radius 2 is 1.72 bits per heavy atom. The predicted molar refractivity (Wildman–Crippen MR) is 125 cm³/mol. The van der Waals surface area contributed by atoms with Crippen molar-refractivity contribution < 1.29 is 13.9 Å². The molecule has 0 saturated heterocycles. The van der Waals surface area contributed by atoms with Gasteiger partial charge in [-0.25, -0.2) is 9.59 Å². The van der Waals surface area contributed by atoms with Crippen molar-refractivity contribution in [2.75, 3.05) is 33.7 Å². The van der Waals surface area contributed by atoms with Crippen molar-refractivity contribution in [3.8, 4) is 16.9 Å². The maximum atomic E-state index is 12.8. The summed E-state index contributed by atoms with van der Waals surface area (Å²) in [7, 11) is 4.01. The van der Waals surface area contributed by atoms with Crippen LogP contribution in [-0.4, -0.2) is 48.6 Å². The Labute approximate surface area is 185 Å². The predicted octanol–water partition coefficient (Wildman–Crippen LogP) is 3.66. The van der Waals surface area contributed by atoms with Crippen LogP contribution in [0.1, 0.15) is 12.5 Å². The number of hydrogen-bond donors (Lipinski definition) is 1. The van der Waals surface area contributed by atoms with E-state index in [0.717, 1.165) is 25.0 Å². The fourth-order valence-electron chi connectivity index (χ4n) is 3.81. The van der Waals surface area contributed by atoms with Crippen LogP contribution in [0, 0.1) is 0 Å². The van der Waals surface area contributed by atoms with Crippen LogP contribution in [0.3, 0.4) is 0 Å². The largest absolute Gasteiger partial charge is 0.507 e. The normalized spacial score (nSPS) is 11.8. The summed E-state index contributed by atoms with van der Waals surface area (Å²) >= 11 is 0. The maximum absolute atomic E-state index is 12.8. The van der Waals surface area contributed by atoms with Gasteiger partial charge in [0.2, 0.25) is 0 Å². The van der Waals surface area contributed by atoms with Crippen LogP contribution in [0.2, 0.25) is 0 Å². The van der Waals surface area contributed by atoms with Crippen LogP contribution in [0.25, 0.3) is 33.1 Å². The minimum atomic E-state index is -0.594. The van der Waals surface area contributed by atoms with E-state index in [-0.39, 0.29) is 16.9 Å². The van der Waals surface area contributed by atoms with E-state index in [2.05, 4.69) is 9.80 Å². The Bertz CT molecular complexity index is 1390. The first-order valence-electron chi connectivity index (χ1n) is 10.6. The molecular weight excluding hydrogens is 408 g/mol. The minimum Gasteiger partial charge on any atom is -0.507 e. The van der Waals surface area contributed by atoms with Gasteiger partial charge in [0.15, 0.2) is 0 Å². The summed E-state index contributed by atoms with van der Waals surface area (Å²) in [5, 5.41) is 11.9. The van der Waals surface area contributed by atoms with Crippen molar-refractivity contribution in [1.82, 2.24) is 9.80 Å². The van der Waals surface area contributed by atoms with Crippen molar-refractivity contribution in [2.45, 2.75) is 13.5 Å². The van der Waals surface area contributed by atoms with E-state index >= 15 is 0 Å². The summed E-state index contributed by atoms with van der Waals surface area (Å²) in [4.78, 5) is 29.5. The molecule has 2 heterocycles. The molecule has 2 aromatic carbocycles. The first-order valence-corrected chi connectivity index (χ1v) is 10.6. The van der Waals surface area contributed by atoms with Crippen LogP contribution in [0.5, 0.6) is 5.75 Å². The van der Waals surface area contributed by atoms with E-state index in [1.165, 1.54) is 6.07 Å². The third-order valence-corrected chi connectivity index (χ3v) is 5.61. The SMILES string of the molecule is CCN(CCN(C)C)Cc1c(O)ccc2c(-c3cc4ccccc4oc3=O)cc(=O)oc12. The summed E-state index contributed by atoms with van der Waals surface area (Å²) in [5.74, 6) is 0.0478. The summed E-state index contributed by atoms with van der Waals surface area (Å²) in [6, 6.07) is 13.5. The third kappa shape index (κ3) is 4.30. The Balaban J connectivity index is 1.88. The lowest BCUT2D eigenvalue weighted by molar-refractivity contribution is 0.241. The second-order valence-corrected chi connectivity index (χ2v) is 8.08. The van der Waals surface area contributed by atoms with Crippen LogP contribution in [0.4, 0.5) is 0 Å². The van der Waals surface area contributed by atoms with Crippen LogP contribution >= 0.6 is 0 Å². The molecule has 1 N–H and O–H groups in total. The highest BCUT2D eigenvalue weighted by Gasteiger charge is 2.19. The van der Waals surface area contributed by atoms with E-state index in [4.69, 9.17) is 8.83 Å². The molecule has 0 amide bonds. The van der Waals surface area contributed by atoms with E-state index in [9.17, 15) is 14.7 Å². The molecule has 0 radical (unpaired) electrons. The molecule has 0 aliphatic heterocycles. The molecule has 0 atom stereocenters. The van der Waals surface area contributed by atoms with E-state index in [1.807, 2.05) is 33.2 Å². The Kier molecular flexibility index (Phi) is 6.12. The standard InChI is InChI=1S/C25H26N2O5/c1-4-27(12-11-26(2)3)15-20-21(28)10-9-17-18(14-23(29)32-24(17)20)19-13-16-7-5-6-8-22(16)31-25(19)30/h5-10,13-14,28H,4,11-12,15H2,1-3H3. The lowest BCUT2D eigenvalue weighted by Gasteiger charge is -2.23. The van der Waals surface area contributed by atoms with E-state index in [0.29, 0.717) is 28.6 Å². The molecule has 7 heteroatoms. The number of fused-ring (bicyclic) bond motifs is 2. The number of aromatic hydroxyl groups is 1. The lowest BCUT2D eigenvalue weighted by Crippen LogP contribution is -2.31. The van der Waals surface area contributed by atoms with Crippen LogP contribution < -0.4 is 11.3 Å². The lowest BCUT2D eigenvalue weighted by atomic mass is 9.99. The number of likely N-dealkylation sites (N-methyl/N-ethyl adjacent to an activating group) is 2. The fourth-order valence-corrected chi connectivity index (χ4v) is 3.81. The van der Waals surface area contributed by atoms with Crippen molar-refractivity contribution >= 4 is 21.9 Å². The Morgan fingerprint density at radius 3 is 2.47 bits per heavy atom. The molecule has 7 nitrogen and oxygen atoms in total. The molecule has 0 aliphatic carbocycles. The van der Waals surface area contributed by atoms with Gasteiger partial charge in [-0.1, -0.05) is 25.1 Å². The fraction of sp³-hybridized carbons (Fsp3) is 0.280. The molecule has 0 aliphatic rings. The number of para-hydroxylation sites is 1. The van der Waals surface area contributed by atoms with Gasteiger partial charge in [-0.3, -0.25) is 4.90 Å². The number of phenolic OH excluding ortho intramolecular Hbond substituents is 1. The van der Waals surface area contributed by atoms with Crippen LogP contribution in [0.15, 0.2) is 67.0 Å². The van der Waals surface area contributed by atoms with Crippen molar-refractivity contribution in [2.24, 2.45) is 0 Å². The highest BCUT2D eigenvalue weighted by Crippen LogP contribution is 2.33. The number of benzene rings is 2. The molecule has 4 rings (SSSR count). The summed E-state index contributed by atoms with van der Waals surface area (Å²) in [5.41, 5.74) is 0.850. The zero-order valence-electron chi connectivity index (χ0n) is 18.4. The monoisotopic (exact) mass is 434 g/mol. The minimum absolute atomic E-state index is 0.0478. The second kappa shape index (κ2) is 8.98. The first kappa shape index (κ1) is 21.8. The molecular formula is C25H26N2O5. The van der Waals surface area contributed by atoms with Crippen molar-refractivity contribution in [3.05, 3.63) is 74.9 Å². The number of hydrogen-bond acceptors (Lipinski definition) is 7. The second-order valence-electron chi connectivity index (χ2n) is 8.08. The molecule has 0 unspecified atom stereocenters. The Morgan fingerprint density at radius 1 is 0.938 bits per heavy atom. The van der Waals surface area contributed by atoms with E-state index < -0.39 is 11.3 Å². The molecule has 0 fully saturated rings. The van der Waals surface area contributed by atoms with Gasteiger partial charge in [0.05, 0.1) is 11.1 Å². The molecule has 4 aromatic rings. The average molecular weight is 434 g/mol. The molecule has 166 valence electrons. The van der Waals surface area contributed by atoms with Gasteiger partial charge in [-0.2, -0.15) is 0 Å². The molecule has 2 aromatic heterocycles. The van der Waals surface area contributed by atoms with Crippen molar-refractivity contribution in [1.29, 1.82) is 0 Å². The zero-order valence-corrected chi connectivity index (χ0v) is 18.4. The van der Waals surface area contributed by atoms with Gasteiger partial charge in [0.1, 0.15) is 16.9 Å². The van der Waals surface area contributed by atoms with Gasteiger partial charge >= 0.3 is 11.3 Å². The quantitative estimate of drug-likeness (QED) is 0.444. The topological polar surface area (TPSA) is 87.1 Å². The maximum Gasteiger partial charge on any atom is 0.344 e. The van der Waals surface area contributed by atoms with Gasteiger partial charge in [0.25, 0.3) is 0 Å².